The highest BCUT2D eigenvalue weighted by Crippen LogP contribution is 2.08. The maximum Gasteiger partial charge on any atom is 0.295 e. The van der Waals surface area contributed by atoms with Crippen molar-refractivity contribution in [2.45, 2.75) is 71.5 Å². The SMILES string of the molecule is CCCCCCCCCOC(CC)OC=O. The second kappa shape index (κ2) is 12.5. The molecule has 0 aromatic rings. The molecule has 0 aromatic heterocycles. The van der Waals surface area contributed by atoms with Crippen molar-refractivity contribution in [1.82, 2.24) is 0 Å². The molecule has 1 atom stereocenters. The van der Waals surface area contributed by atoms with Crippen molar-refractivity contribution in [3.05, 3.63) is 0 Å². The van der Waals surface area contributed by atoms with Gasteiger partial charge in [-0.1, -0.05) is 52.4 Å². The van der Waals surface area contributed by atoms with Gasteiger partial charge in [-0.05, 0) is 6.42 Å². The minimum absolute atomic E-state index is 0.349. The molecule has 0 radical (unpaired) electrons. The van der Waals surface area contributed by atoms with Crippen molar-refractivity contribution in [2.24, 2.45) is 0 Å². The van der Waals surface area contributed by atoms with Crippen molar-refractivity contribution >= 4 is 6.47 Å². The Morgan fingerprint density at radius 3 is 2.19 bits per heavy atom. The Morgan fingerprint density at radius 1 is 1.00 bits per heavy atom. The van der Waals surface area contributed by atoms with E-state index in [1.54, 1.807) is 0 Å². The smallest absolute Gasteiger partial charge is 0.295 e. The van der Waals surface area contributed by atoms with E-state index in [4.69, 9.17) is 9.47 Å². The number of ether oxygens (including phenoxy) is 2. The standard InChI is InChI=1S/C13H26O3/c1-3-5-6-7-8-9-10-11-15-13(4-2)16-12-14/h12-13H,3-11H2,1-2H3. The molecule has 0 saturated carbocycles. The van der Waals surface area contributed by atoms with E-state index in [-0.39, 0.29) is 6.29 Å². The minimum atomic E-state index is -0.349. The zero-order valence-corrected chi connectivity index (χ0v) is 10.7. The Kier molecular flexibility index (Phi) is 12.1. The molecular weight excluding hydrogens is 204 g/mol. The lowest BCUT2D eigenvalue weighted by Gasteiger charge is -2.13. The molecule has 0 aliphatic heterocycles. The van der Waals surface area contributed by atoms with E-state index in [1.165, 1.54) is 38.5 Å². The molecule has 0 spiro atoms. The molecule has 0 aromatic carbocycles. The molecule has 0 aliphatic rings. The summed E-state index contributed by atoms with van der Waals surface area (Å²) in [6, 6.07) is 0. The van der Waals surface area contributed by atoms with Crippen LogP contribution in [0.25, 0.3) is 0 Å². The predicted octanol–water partition coefficient (Wildman–Crippen LogP) is 3.66. The van der Waals surface area contributed by atoms with Gasteiger partial charge in [0.25, 0.3) is 6.47 Å². The Bertz CT molecular complexity index is 148. The summed E-state index contributed by atoms with van der Waals surface area (Å²) in [5, 5.41) is 0. The highest BCUT2D eigenvalue weighted by Gasteiger charge is 2.04. The van der Waals surface area contributed by atoms with Crippen LogP contribution in [0.2, 0.25) is 0 Å². The summed E-state index contributed by atoms with van der Waals surface area (Å²) in [6.07, 6.45) is 9.25. The van der Waals surface area contributed by atoms with Gasteiger partial charge in [0.1, 0.15) is 0 Å². The molecule has 16 heavy (non-hydrogen) atoms. The fourth-order valence-electron chi connectivity index (χ4n) is 1.59. The van der Waals surface area contributed by atoms with Crippen LogP contribution >= 0.6 is 0 Å². The van der Waals surface area contributed by atoms with E-state index >= 15 is 0 Å². The van der Waals surface area contributed by atoms with Crippen molar-refractivity contribution in [1.29, 1.82) is 0 Å². The Morgan fingerprint density at radius 2 is 1.62 bits per heavy atom. The molecule has 0 amide bonds. The molecule has 3 heteroatoms. The van der Waals surface area contributed by atoms with Crippen LogP contribution in [0.3, 0.4) is 0 Å². The number of hydrogen-bond donors (Lipinski definition) is 0. The fourth-order valence-corrected chi connectivity index (χ4v) is 1.59. The van der Waals surface area contributed by atoms with Crippen LogP contribution < -0.4 is 0 Å². The summed E-state index contributed by atoms with van der Waals surface area (Å²) in [5.74, 6) is 0. The first kappa shape index (κ1) is 15.4. The highest BCUT2D eigenvalue weighted by molar-refractivity contribution is 5.37. The molecule has 1 unspecified atom stereocenters. The summed E-state index contributed by atoms with van der Waals surface area (Å²) in [4.78, 5) is 10.1. The third-order valence-corrected chi connectivity index (χ3v) is 2.59. The molecule has 0 fully saturated rings. The summed E-state index contributed by atoms with van der Waals surface area (Å²) in [7, 11) is 0. The molecule has 96 valence electrons. The molecular formula is C13H26O3. The van der Waals surface area contributed by atoms with Gasteiger partial charge in [-0.25, -0.2) is 0 Å². The van der Waals surface area contributed by atoms with Crippen molar-refractivity contribution in [2.75, 3.05) is 6.61 Å². The summed E-state index contributed by atoms with van der Waals surface area (Å²) in [5.41, 5.74) is 0. The van der Waals surface area contributed by atoms with Gasteiger partial charge >= 0.3 is 0 Å². The largest absolute Gasteiger partial charge is 0.438 e. The molecule has 0 bridgehead atoms. The molecule has 0 saturated heterocycles. The minimum Gasteiger partial charge on any atom is -0.438 e. The van der Waals surface area contributed by atoms with Crippen molar-refractivity contribution < 1.29 is 14.3 Å². The Balaban J connectivity index is 3.15. The van der Waals surface area contributed by atoms with Gasteiger partial charge in [-0.15, -0.1) is 0 Å². The van der Waals surface area contributed by atoms with Gasteiger partial charge in [0, 0.05) is 6.42 Å². The van der Waals surface area contributed by atoms with Crippen LogP contribution in [-0.4, -0.2) is 19.4 Å². The van der Waals surface area contributed by atoms with Crippen LogP contribution in [0.5, 0.6) is 0 Å². The highest BCUT2D eigenvalue weighted by atomic mass is 16.7. The average molecular weight is 230 g/mol. The number of carbonyl (C=O) groups excluding carboxylic acids is 1. The Labute approximate surface area is 99.5 Å². The molecule has 3 nitrogen and oxygen atoms in total. The monoisotopic (exact) mass is 230 g/mol. The third kappa shape index (κ3) is 9.97. The molecule has 0 N–H and O–H groups in total. The first-order valence-corrected chi connectivity index (χ1v) is 6.55. The van der Waals surface area contributed by atoms with Gasteiger partial charge in [-0.2, -0.15) is 0 Å². The zero-order valence-electron chi connectivity index (χ0n) is 10.7. The average Bonchev–Trinajstić information content (AvgIpc) is 2.31. The zero-order chi connectivity index (χ0) is 12.1. The van der Waals surface area contributed by atoms with Gasteiger partial charge in [0.05, 0.1) is 6.61 Å². The van der Waals surface area contributed by atoms with Crippen molar-refractivity contribution in [3.63, 3.8) is 0 Å². The second-order valence-corrected chi connectivity index (χ2v) is 4.06. The maximum atomic E-state index is 10.1. The number of rotatable bonds is 12. The number of unbranched alkanes of at least 4 members (excludes halogenated alkanes) is 6. The van der Waals surface area contributed by atoms with E-state index in [9.17, 15) is 4.79 Å². The van der Waals surface area contributed by atoms with E-state index in [1.807, 2.05) is 6.92 Å². The fraction of sp³-hybridized carbons (Fsp3) is 0.923. The summed E-state index contributed by atoms with van der Waals surface area (Å²) < 4.78 is 10.2. The van der Waals surface area contributed by atoms with Crippen LogP contribution in [0.4, 0.5) is 0 Å². The van der Waals surface area contributed by atoms with Gasteiger partial charge < -0.3 is 9.47 Å². The molecule has 0 aliphatic carbocycles. The van der Waals surface area contributed by atoms with E-state index in [2.05, 4.69) is 6.92 Å². The first-order valence-electron chi connectivity index (χ1n) is 6.55. The van der Waals surface area contributed by atoms with Crippen molar-refractivity contribution in [3.8, 4) is 0 Å². The van der Waals surface area contributed by atoms with Gasteiger partial charge in [0.2, 0.25) is 6.29 Å². The van der Waals surface area contributed by atoms with Gasteiger partial charge in [-0.3, -0.25) is 4.79 Å². The quantitative estimate of drug-likeness (QED) is 0.291. The topological polar surface area (TPSA) is 35.5 Å². The number of hydrogen-bond acceptors (Lipinski definition) is 3. The van der Waals surface area contributed by atoms with E-state index in [0.29, 0.717) is 13.1 Å². The van der Waals surface area contributed by atoms with E-state index in [0.717, 1.165) is 12.8 Å². The lowest BCUT2D eigenvalue weighted by molar-refractivity contribution is -0.164. The van der Waals surface area contributed by atoms with Crippen LogP contribution in [0.1, 0.15) is 65.2 Å². The van der Waals surface area contributed by atoms with Crippen LogP contribution in [0.15, 0.2) is 0 Å². The summed E-state index contributed by atoms with van der Waals surface area (Å²) >= 11 is 0. The van der Waals surface area contributed by atoms with Gasteiger partial charge in [0.15, 0.2) is 0 Å². The van der Waals surface area contributed by atoms with Crippen LogP contribution in [-0.2, 0) is 14.3 Å². The first-order chi connectivity index (χ1) is 7.85. The lowest BCUT2D eigenvalue weighted by atomic mass is 10.1. The second-order valence-electron chi connectivity index (χ2n) is 4.06. The normalized spacial score (nSPS) is 12.4. The predicted molar refractivity (Wildman–Crippen MR) is 65.2 cm³/mol. The lowest BCUT2D eigenvalue weighted by Crippen LogP contribution is -2.16. The van der Waals surface area contributed by atoms with E-state index < -0.39 is 0 Å². The van der Waals surface area contributed by atoms with Crippen LogP contribution in [0, 0.1) is 0 Å². The number of carbonyl (C=O) groups is 1. The summed E-state index contributed by atoms with van der Waals surface area (Å²) in [6.45, 7) is 5.32. The molecule has 0 heterocycles. The Hall–Kier alpha value is -0.570. The third-order valence-electron chi connectivity index (χ3n) is 2.59. The maximum absolute atomic E-state index is 10.1. The molecule has 0 rings (SSSR count).